The van der Waals surface area contributed by atoms with Gasteiger partial charge in [0.25, 0.3) is 0 Å². The van der Waals surface area contributed by atoms with E-state index in [0.29, 0.717) is 0 Å². The molecule has 1 spiro atoms. The fourth-order valence-corrected chi connectivity index (χ4v) is 4.86. The second kappa shape index (κ2) is 4.81. The maximum atomic E-state index is 12.8. The molecule has 22 heavy (non-hydrogen) atoms. The summed E-state index contributed by atoms with van der Waals surface area (Å²) in [6, 6.07) is 7.67. The summed E-state index contributed by atoms with van der Waals surface area (Å²) in [7, 11) is 0. The second-order valence-corrected chi connectivity index (χ2v) is 7.87. The number of benzene rings is 1. The van der Waals surface area contributed by atoms with Crippen LogP contribution in [0.3, 0.4) is 0 Å². The highest BCUT2D eigenvalue weighted by molar-refractivity contribution is 14.1. The molecule has 0 saturated heterocycles. The highest BCUT2D eigenvalue weighted by Crippen LogP contribution is 2.71. The Kier molecular flexibility index (Phi) is 3.11. The number of allylic oxidation sites excluding steroid dienone is 2. The molecule has 0 radical (unpaired) electrons. The van der Waals surface area contributed by atoms with Gasteiger partial charge in [-0.1, -0.05) is 12.2 Å². The van der Waals surface area contributed by atoms with E-state index in [9.17, 15) is 9.59 Å². The minimum Gasteiger partial charge on any atom is -0.369 e. The van der Waals surface area contributed by atoms with Gasteiger partial charge in [-0.05, 0) is 76.9 Å². The molecule has 4 nitrogen and oxygen atoms in total. The maximum absolute atomic E-state index is 12.8. The first-order valence-electron chi connectivity index (χ1n) is 7.57. The Morgan fingerprint density at radius 1 is 1.09 bits per heavy atom. The summed E-state index contributed by atoms with van der Waals surface area (Å²) in [5, 5.41) is 2.96. The number of hydrogen-bond donors (Lipinski definition) is 2. The molecule has 3 aliphatic rings. The second-order valence-electron chi connectivity index (χ2n) is 6.62. The highest BCUT2D eigenvalue weighted by Gasteiger charge is 2.69. The fourth-order valence-electron chi connectivity index (χ4n) is 4.50. The Morgan fingerprint density at radius 2 is 1.68 bits per heavy atom. The Labute approximate surface area is 142 Å². The van der Waals surface area contributed by atoms with E-state index < -0.39 is 0 Å². The van der Waals surface area contributed by atoms with E-state index in [0.717, 1.165) is 22.1 Å². The number of anilines is 1. The van der Waals surface area contributed by atoms with Crippen molar-refractivity contribution < 1.29 is 9.59 Å². The maximum Gasteiger partial charge on any atom is 0.228 e. The van der Waals surface area contributed by atoms with Gasteiger partial charge in [-0.25, -0.2) is 0 Å². The van der Waals surface area contributed by atoms with Crippen LogP contribution in [0.5, 0.6) is 0 Å². The van der Waals surface area contributed by atoms with E-state index in [4.69, 9.17) is 5.73 Å². The molecule has 3 N–H and O–H groups in total. The summed E-state index contributed by atoms with van der Waals surface area (Å²) in [6.07, 6.45) is 6.45. The Hall–Kier alpha value is -1.37. The third kappa shape index (κ3) is 1.94. The van der Waals surface area contributed by atoms with Gasteiger partial charge in [-0.2, -0.15) is 0 Å². The average Bonchev–Trinajstić information content (AvgIpc) is 3.15. The number of carbonyl (C=O) groups excluding carboxylic acids is 2. The van der Waals surface area contributed by atoms with Crippen molar-refractivity contribution in [3.05, 3.63) is 40.0 Å². The van der Waals surface area contributed by atoms with Crippen molar-refractivity contribution in [1.29, 1.82) is 0 Å². The monoisotopic (exact) mass is 408 g/mol. The lowest BCUT2D eigenvalue weighted by Gasteiger charge is -2.24. The van der Waals surface area contributed by atoms with Crippen molar-refractivity contribution in [2.24, 2.45) is 34.8 Å². The van der Waals surface area contributed by atoms with Crippen LogP contribution in [-0.4, -0.2) is 11.8 Å². The number of hydrogen-bond acceptors (Lipinski definition) is 2. The summed E-state index contributed by atoms with van der Waals surface area (Å²) in [5.74, 6) is -0.782. The van der Waals surface area contributed by atoms with Crippen molar-refractivity contribution in [2.45, 2.75) is 12.8 Å². The van der Waals surface area contributed by atoms with Crippen LogP contribution < -0.4 is 11.1 Å². The van der Waals surface area contributed by atoms with Gasteiger partial charge in [0.05, 0.1) is 11.8 Å². The first kappa shape index (κ1) is 14.2. The molecule has 2 saturated carbocycles. The van der Waals surface area contributed by atoms with Gasteiger partial charge in [0.1, 0.15) is 0 Å². The number of nitrogens with two attached hydrogens (primary N) is 1. The molecule has 0 aromatic heterocycles. The van der Waals surface area contributed by atoms with E-state index >= 15 is 0 Å². The molecule has 2 fully saturated rings. The molecule has 4 rings (SSSR count). The van der Waals surface area contributed by atoms with Crippen molar-refractivity contribution in [2.75, 3.05) is 5.32 Å². The molecule has 0 heterocycles. The predicted octanol–water partition coefficient (Wildman–Crippen LogP) is 2.54. The normalized spacial score (nSPS) is 33.1. The van der Waals surface area contributed by atoms with Crippen molar-refractivity contribution >= 4 is 40.1 Å². The van der Waals surface area contributed by atoms with Gasteiger partial charge in [-0.15, -0.1) is 0 Å². The molecule has 0 aliphatic heterocycles. The van der Waals surface area contributed by atoms with E-state index in [-0.39, 0.29) is 40.9 Å². The molecule has 3 aliphatic carbocycles. The first-order chi connectivity index (χ1) is 10.5. The minimum atomic E-state index is -0.360. The molecule has 5 heteroatoms. The van der Waals surface area contributed by atoms with Crippen molar-refractivity contribution in [1.82, 2.24) is 0 Å². The summed E-state index contributed by atoms with van der Waals surface area (Å²) in [6.45, 7) is 0. The van der Waals surface area contributed by atoms with Gasteiger partial charge in [0.2, 0.25) is 11.8 Å². The summed E-state index contributed by atoms with van der Waals surface area (Å²) >= 11 is 2.22. The third-order valence-corrected chi connectivity index (χ3v) is 6.30. The molecule has 1 aromatic rings. The SMILES string of the molecule is NC(=O)C1C(C(=O)Nc2ccc(I)cc2)C2C=CC1C21CC1. The average molecular weight is 408 g/mol. The van der Waals surface area contributed by atoms with Gasteiger partial charge < -0.3 is 11.1 Å². The number of nitrogens with one attached hydrogen (secondary N) is 1. The minimum absolute atomic E-state index is 0.0758. The zero-order chi connectivity index (χ0) is 15.5. The largest absolute Gasteiger partial charge is 0.369 e. The molecule has 4 unspecified atom stereocenters. The highest BCUT2D eigenvalue weighted by atomic mass is 127. The van der Waals surface area contributed by atoms with Crippen molar-refractivity contribution in [3.8, 4) is 0 Å². The number of halogens is 1. The van der Waals surface area contributed by atoms with E-state index in [1.54, 1.807) is 0 Å². The quantitative estimate of drug-likeness (QED) is 0.596. The number of amides is 2. The van der Waals surface area contributed by atoms with Gasteiger partial charge in [0, 0.05) is 9.26 Å². The Bertz CT molecular complexity index is 678. The molecule has 4 atom stereocenters. The van der Waals surface area contributed by atoms with E-state index in [1.165, 1.54) is 0 Å². The third-order valence-electron chi connectivity index (χ3n) is 5.58. The Balaban J connectivity index is 1.60. The molecule has 114 valence electrons. The standard InChI is InChI=1S/C17H17IN2O2/c18-9-1-3-10(4-2-9)20-16(22)14-12-6-5-11(13(14)15(19)21)17(12)7-8-17/h1-6,11-14H,7-8H2,(H2,19,21)(H,20,22). The van der Waals surface area contributed by atoms with Gasteiger partial charge in [0.15, 0.2) is 0 Å². The lowest BCUT2D eigenvalue weighted by molar-refractivity contribution is -0.130. The van der Waals surface area contributed by atoms with Gasteiger partial charge in [-0.3, -0.25) is 9.59 Å². The van der Waals surface area contributed by atoms with Crippen LogP contribution in [0, 0.1) is 32.7 Å². The lowest BCUT2D eigenvalue weighted by Crippen LogP contribution is -2.39. The number of rotatable bonds is 3. The summed E-state index contributed by atoms with van der Waals surface area (Å²) < 4.78 is 1.12. The Morgan fingerprint density at radius 3 is 2.23 bits per heavy atom. The zero-order valence-corrected chi connectivity index (χ0v) is 14.1. The zero-order valence-electron chi connectivity index (χ0n) is 12.0. The van der Waals surface area contributed by atoms with E-state index in [1.807, 2.05) is 24.3 Å². The summed E-state index contributed by atoms with van der Waals surface area (Å²) in [4.78, 5) is 24.7. The molecule has 2 bridgehead atoms. The molecule has 1 aromatic carbocycles. The van der Waals surface area contributed by atoms with Crippen LogP contribution in [0.1, 0.15) is 12.8 Å². The number of carbonyl (C=O) groups is 2. The van der Waals surface area contributed by atoms with Crippen LogP contribution in [0.15, 0.2) is 36.4 Å². The van der Waals surface area contributed by atoms with Gasteiger partial charge >= 0.3 is 0 Å². The van der Waals surface area contributed by atoms with Crippen LogP contribution in [-0.2, 0) is 9.59 Å². The van der Waals surface area contributed by atoms with Crippen molar-refractivity contribution in [3.63, 3.8) is 0 Å². The molecule has 2 amide bonds. The summed E-state index contributed by atoms with van der Waals surface area (Å²) in [5.41, 5.74) is 6.54. The van der Waals surface area contributed by atoms with Crippen LogP contribution in [0.4, 0.5) is 5.69 Å². The van der Waals surface area contributed by atoms with Crippen LogP contribution in [0.25, 0.3) is 0 Å². The van der Waals surface area contributed by atoms with Crippen LogP contribution in [0.2, 0.25) is 0 Å². The lowest BCUT2D eigenvalue weighted by atomic mass is 9.82. The molecular formula is C17H17IN2O2. The smallest absolute Gasteiger partial charge is 0.228 e. The van der Waals surface area contributed by atoms with Crippen LogP contribution >= 0.6 is 22.6 Å². The molecular weight excluding hydrogens is 391 g/mol. The predicted molar refractivity (Wildman–Crippen MR) is 91.8 cm³/mol. The van der Waals surface area contributed by atoms with E-state index in [2.05, 4.69) is 40.1 Å². The first-order valence-corrected chi connectivity index (χ1v) is 8.65. The fraction of sp³-hybridized carbons (Fsp3) is 0.412. The topological polar surface area (TPSA) is 72.2 Å². The number of primary amides is 1.